The Morgan fingerprint density at radius 2 is 1.92 bits per heavy atom. The molecule has 13 nitrogen and oxygen atoms in total. The van der Waals surface area contributed by atoms with Crippen molar-refractivity contribution in [3.63, 3.8) is 0 Å². The minimum absolute atomic E-state index is 0.0985. The molecule has 4 amide bonds. The monoisotopic (exact) mass is 540 g/mol. The Bertz CT molecular complexity index is 1430. The summed E-state index contributed by atoms with van der Waals surface area (Å²) >= 11 is 1.30. The van der Waals surface area contributed by atoms with Gasteiger partial charge in [0.2, 0.25) is 5.91 Å². The third-order valence-electron chi connectivity index (χ3n) is 6.64. The number of phenolic OH excluding ortho intramolecular Hbond substituents is 1. The van der Waals surface area contributed by atoms with Crippen LogP contribution in [0.1, 0.15) is 43.1 Å². The van der Waals surface area contributed by atoms with Crippen molar-refractivity contribution < 1.29 is 29.4 Å². The number of nitrogens with one attached hydrogen (secondary N) is 2. The van der Waals surface area contributed by atoms with E-state index in [-0.39, 0.29) is 28.6 Å². The van der Waals surface area contributed by atoms with E-state index in [9.17, 15) is 34.2 Å². The van der Waals surface area contributed by atoms with Gasteiger partial charge in [0.1, 0.15) is 40.4 Å². The zero-order valence-electron chi connectivity index (χ0n) is 20.1. The molecule has 1 aliphatic carbocycles. The quantitative estimate of drug-likeness (QED) is 0.314. The van der Waals surface area contributed by atoms with Gasteiger partial charge < -0.3 is 26.2 Å². The number of aromatic nitrogens is 2. The molecule has 2 aliphatic heterocycles. The molecule has 5 rings (SSSR count). The predicted molar refractivity (Wildman–Crippen MR) is 135 cm³/mol. The van der Waals surface area contributed by atoms with Crippen LogP contribution >= 0.6 is 11.8 Å². The maximum Gasteiger partial charge on any atom is 0.352 e. The number of primary amides is 1. The number of carbonyl (C=O) groups excluding carboxylic acids is 3. The van der Waals surface area contributed by atoms with E-state index in [1.807, 2.05) is 0 Å². The number of fused-ring (bicyclic) bond motifs is 1. The van der Waals surface area contributed by atoms with Crippen LogP contribution in [0.25, 0.3) is 0 Å². The van der Waals surface area contributed by atoms with Crippen molar-refractivity contribution in [3.05, 3.63) is 63.5 Å². The third kappa shape index (κ3) is 4.36. The van der Waals surface area contributed by atoms with Crippen LogP contribution in [0.4, 0.5) is 10.5 Å². The van der Waals surface area contributed by atoms with Crippen molar-refractivity contribution in [1.29, 1.82) is 0 Å². The maximum atomic E-state index is 13.7. The molecule has 1 aromatic carbocycles. The summed E-state index contributed by atoms with van der Waals surface area (Å²) in [4.78, 5) is 72.7. The van der Waals surface area contributed by atoms with Gasteiger partial charge in [-0.15, -0.1) is 11.8 Å². The predicted octanol–water partition coefficient (Wildman–Crippen LogP) is 0.738. The van der Waals surface area contributed by atoms with Gasteiger partial charge in [0.25, 0.3) is 11.5 Å². The number of urea groups is 1. The standard InChI is InChI=1S/C24H24N6O7S/c1-10-9-38-22-15(21(34)30(22)16(10)23(35)36)27-20(33)17(11-4-6-13(31)7-5-11)29(24(25)37)14-8-26-18(12-2-3-12)28-19(14)32/h4-8,12,15,17,22,31H,2-3,9H2,1H3,(H2,25,37)(H,27,33)(H,35,36)(H,26,28,32)/t15?,17?,22-/m1/s1. The number of nitrogens with zero attached hydrogens (tertiary/aromatic N) is 3. The number of aliphatic carboxylic acids is 1. The largest absolute Gasteiger partial charge is 0.508 e. The number of hydrogen-bond acceptors (Lipinski definition) is 8. The van der Waals surface area contributed by atoms with E-state index in [0.29, 0.717) is 17.2 Å². The van der Waals surface area contributed by atoms with Gasteiger partial charge in [-0.05, 0) is 43.0 Å². The van der Waals surface area contributed by atoms with Gasteiger partial charge in [0.15, 0.2) is 0 Å². The highest BCUT2D eigenvalue weighted by Crippen LogP contribution is 2.41. The number of carboxylic acids is 1. The number of benzene rings is 1. The summed E-state index contributed by atoms with van der Waals surface area (Å²) < 4.78 is 0. The highest BCUT2D eigenvalue weighted by atomic mass is 32.2. The number of rotatable bonds is 7. The molecule has 0 bridgehead atoms. The molecule has 2 fully saturated rings. The second kappa shape index (κ2) is 9.52. The molecule has 3 heterocycles. The zero-order valence-corrected chi connectivity index (χ0v) is 20.9. The normalized spacial score (nSPS) is 21.3. The average molecular weight is 541 g/mol. The van der Waals surface area contributed by atoms with E-state index >= 15 is 0 Å². The van der Waals surface area contributed by atoms with Gasteiger partial charge in [-0.25, -0.2) is 14.6 Å². The first-order valence-electron chi connectivity index (χ1n) is 11.7. The van der Waals surface area contributed by atoms with E-state index < -0.39 is 46.8 Å². The Labute approximate surface area is 219 Å². The Morgan fingerprint density at radius 3 is 2.50 bits per heavy atom. The van der Waals surface area contributed by atoms with Crippen molar-refractivity contribution in [2.24, 2.45) is 5.73 Å². The van der Waals surface area contributed by atoms with Crippen LogP contribution in [0, 0.1) is 0 Å². The van der Waals surface area contributed by atoms with Gasteiger partial charge in [0, 0.05) is 11.7 Å². The van der Waals surface area contributed by atoms with Crippen LogP contribution in [0.2, 0.25) is 0 Å². The maximum absolute atomic E-state index is 13.7. The first kappa shape index (κ1) is 25.3. The summed E-state index contributed by atoms with van der Waals surface area (Å²) in [5, 5.41) is 21.2. The van der Waals surface area contributed by atoms with Gasteiger partial charge in [-0.1, -0.05) is 12.1 Å². The molecular weight excluding hydrogens is 516 g/mol. The first-order valence-corrected chi connectivity index (χ1v) is 12.8. The lowest BCUT2D eigenvalue weighted by molar-refractivity contribution is -0.150. The number of carboxylic acid groups (broad SMARTS) is 1. The minimum atomic E-state index is -1.51. The molecule has 38 heavy (non-hydrogen) atoms. The summed E-state index contributed by atoms with van der Waals surface area (Å²) in [6.07, 6.45) is 2.94. The van der Waals surface area contributed by atoms with Crippen LogP contribution in [0.15, 0.2) is 46.5 Å². The summed E-state index contributed by atoms with van der Waals surface area (Å²) in [5.74, 6) is -1.83. The number of anilines is 1. The summed E-state index contributed by atoms with van der Waals surface area (Å²) in [7, 11) is 0. The molecule has 1 saturated carbocycles. The molecule has 14 heteroatoms. The SMILES string of the molecule is CC1=C(C(=O)O)N2C(=O)C(NC(=O)C(c3ccc(O)cc3)N(C(N)=O)c3cnc(C4CC4)[nH]c3=O)[C@H]2SC1. The lowest BCUT2D eigenvalue weighted by Gasteiger charge is -2.49. The highest BCUT2D eigenvalue weighted by molar-refractivity contribution is 8.00. The van der Waals surface area contributed by atoms with E-state index in [4.69, 9.17) is 5.73 Å². The van der Waals surface area contributed by atoms with E-state index in [1.54, 1.807) is 6.92 Å². The summed E-state index contributed by atoms with van der Waals surface area (Å²) in [6, 6.07) is 1.67. The van der Waals surface area contributed by atoms with E-state index in [2.05, 4.69) is 15.3 Å². The molecule has 3 atom stereocenters. The van der Waals surface area contributed by atoms with Gasteiger partial charge in [0.05, 0.1) is 6.20 Å². The van der Waals surface area contributed by atoms with Gasteiger partial charge in [-0.2, -0.15) is 0 Å². The number of nitrogens with two attached hydrogens (primary N) is 1. The molecule has 198 valence electrons. The fraction of sp³-hybridized carbons (Fsp3) is 0.333. The van der Waals surface area contributed by atoms with Gasteiger partial charge in [-0.3, -0.25) is 24.2 Å². The smallest absolute Gasteiger partial charge is 0.352 e. The minimum Gasteiger partial charge on any atom is -0.508 e. The Morgan fingerprint density at radius 1 is 1.24 bits per heavy atom. The average Bonchev–Trinajstić information content (AvgIpc) is 3.72. The Balaban J connectivity index is 1.49. The molecular formula is C24H24N6O7S. The van der Waals surface area contributed by atoms with Crippen LogP contribution in [-0.2, 0) is 14.4 Å². The summed E-state index contributed by atoms with van der Waals surface area (Å²) in [6.45, 7) is 1.62. The fourth-order valence-corrected chi connectivity index (χ4v) is 5.90. The lowest BCUT2D eigenvalue weighted by atomic mass is 10.00. The lowest BCUT2D eigenvalue weighted by Crippen LogP contribution is -2.71. The summed E-state index contributed by atoms with van der Waals surface area (Å²) in [5.41, 5.74) is 5.33. The van der Waals surface area contributed by atoms with Crippen molar-refractivity contribution in [2.45, 2.75) is 43.1 Å². The number of thioether (sulfide) groups is 1. The number of β-lactam (4-membered cyclic amide) rings is 1. The highest BCUT2D eigenvalue weighted by Gasteiger charge is 2.54. The Hall–Kier alpha value is -4.33. The topological polar surface area (TPSA) is 199 Å². The molecule has 0 radical (unpaired) electrons. The first-order chi connectivity index (χ1) is 18.1. The van der Waals surface area contributed by atoms with Crippen molar-refractivity contribution in [3.8, 4) is 5.75 Å². The molecule has 1 aromatic heterocycles. The number of phenols is 1. The molecule has 2 aromatic rings. The van der Waals surface area contributed by atoms with Crippen molar-refractivity contribution >= 4 is 41.3 Å². The van der Waals surface area contributed by atoms with Crippen LogP contribution < -0.4 is 21.5 Å². The Kier molecular flexibility index (Phi) is 6.34. The van der Waals surface area contributed by atoms with Crippen molar-refractivity contribution in [2.75, 3.05) is 10.7 Å². The molecule has 1 saturated heterocycles. The van der Waals surface area contributed by atoms with Crippen molar-refractivity contribution in [1.82, 2.24) is 20.2 Å². The molecule has 3 aliphatic rings. The molecule has 2 unspecified atom stereocenters. The molecule has 0 spiro atoms. The van der Waals surface area contributed by atoms with Gasteiger partial charge >= 0.3 is 12.0 Å². The van der Waals surface area contributed by atoms with E-state index in [0.717, 1.165) is 22.6 Å². The number of H-pyrrole nitrogens is 1. The second-order valence-corrected chi connectivity index (χ2v) is 10.4. The third-order valence-corrected chi connectivity index (χ3v) is 8.06. The number of amides is 4. The van der Waals surface area contributed by atoms with Crippen LogP contribution in [0.3, 0.4) is 0 Å². The van der Waals surface area contributed by atoms with Crippen LogP contribution in [-0.4, -0.2) is 66.1 Å². The second-order valence-electron chi connectivity index (χ2n) is 9.29. The van der Waals surface area contributed by atoms with E-state index in [1.165, 1.54) is 42.2 Å². The fourth-order valence-electron chi connectivity index (χ4n) is 4.60. The number of hydrogen-bond donors (Lipinski definition) is 5. The number of aromatic amines is 1. The zero-order chi connectivity index (χ0) is 27.3. The van der Waals surface area contributed by atoms with Crippen LogP contribution in [0.5, 0.6) is 5.75 Å². The number of aromatic hydroxyl groups is 1. The molecule has 6 N–H and O–H groups in total. The number of carbonyl (C=O) groups is 4.